The Hall–Kier alpha value is -1.30. The van der Waals surface area contributed by atoms with Crippen molar-refractivity contribution in [3.63, 3.8) is 0 Å². The molecule has 122 valence electrons. The Labute approximate surface area is 132 Å². The predicted octanol–water partition coefficient (Wildman–Crippen LogP) is 1.39. The highest BCUT2D eigenvalue weighted by Crippen LogP contribution is 2.32. The summed E-state index contributed by atoms with van der Waals surface area (Å²) in [4.78, 5) is 2.44. The van der Waals surface area contributed by atoms with E-state index in [1.54, 1.807) is 0 Å². The Morgan fingerprint density at radius 2 is 2.00 bits per heavy atom. The average molecular weight is 306 g/mol. The highest BCUT2D eigenvalue weighted by Gasteiger charge is 2.16. The van der Waals surface area contributed by atoms with Gasteiger partial charge >= 0.3 is 0 Å². The number of benzene rings is 1. The molecule has 0 bridgehead atoms. The Kier molecular flexibility index (Phi) is 5.53. The minimum absolute atomic E-state index is 0.190. The summed E-state index contributed by atoms with van der Waals surface area (Å²) in [6.45, 7) is 4.77. The molecule has 1 fully saturated rings. The third-order valence-corrected chi connectivity index (χ3v) is 4.41. The van der Waals surface area contributed by atoms with Gasteiger partial charge in [0.25, 0.3) is 0 Å². The van der Waals surface area contributed by atoms with Gasteiger partial charge in [-0.2, -0.15) is 0 Å². The molecule has 5 nitrogen and oxygen atoms in total. The monoisotopic (exact) mass is 306 g/mol. The maximum atomic E-state index is 9.49. The fraction of sp³-hybridized carbons (Fsp3) is 0.647. The zero-order valence-electron chi connectivity index (χ0n) is 13.1. The standard InChI is InChI=1S/C17H26N2O3/c20-12-15(11-19-8-1-2-9-19)18-7-3-4-14-5-6-16-17(10-14)22-13-21-16/h5-6,10,15,18,20H,1-4,7-9,11-13H2. The van der Waals surface area contributed by atoms with Crippen LogP contribution in [0.4, 0.5) is 0 Å². The van der Waals surface area contributed by atoms with Crippen LogP contribution in [0.25, 0.3) is 0 Å². The maximum Gasteiger partial charge on any atom is 0.231 e. The van der Waals surface area contributed by atoms with Gasteiger partial charge in [0, 0.05) is 12.6 Å². The molecule has 1 aromatic rings. The van der Waals surface area contributed by atoms with Gasteiger partial charge in [0.1, 0.15) is 0 Å². The molecule has 0 amide bonds. The number of ether oxygens (including phenoxy) is 2. The van der Waals surface area contributed by atoms with Crippen molar-refractivity contribution >= 4 is 0 Å². The van der Waals surface area contributed by atoms with Gasteiger partial charge in [0.15, 0.2) is 11.5 Å². The molecule has 1 saturated heterocycles. The molecule has 0 aromatic heterocycles. The molecular weight excluding hydrogens is 280 g/mol. The minimum Gasteiger partial charge on any atom is -0.454 e. The summed E-state index contributed by atoms with van der Waals surface area (Å²) in [5, 5.41) is 13.0. The van der Waals surface area contributed by atoms with Gasteiger partial charge in [-0.3, -0.25) is 0 Å². The molecule has 22 heavy (non-hydrogen) atoms. The van der Waals surface area contributed by atoms with Gasteiger partial charge in [-0.05, 0) is 63.0 Å². The summed E-state index contributed by atoms with van der Waals surface area (Å²) in [7, 11) is 0. The summed E-state index contributed by atoms with van der Waals surface area (Å²) < 4.78 is 10.7. The van der Waals surface area contributed by atoms with E-state index >= 15 is 0 Å². The number of likely N-dealkylation sites (tertiary alicyclic amines) is 1. The van der Waals surface area contributed by atoms with Crippen LogP contribution in [0, 0.1) is 0 Å². The van der Waals surface area contributed by atoms with Crippen molar-refractivity contribution in [2.24, 2.45) is 0 Å². The molecule has 5 heteroatoms. The van der Waals surface area contributed by atoms with E-state index in [9.17, 15) is 5.11 Å². The number of hydrogen-bond acceptors (Lipinski definition) is 5. The van der Waals surface area contributed by atoms with E-state index in [1.807, 2.05) is 6.07 Å². The molecule has 2 aliphatic rings. The minimum atomic E-state index is 0.190. The van der Waals surface area contributed by atoms with Crippen LogP contribution in [-0.2, 0) is 6.42 Å². The number of fused-ring (bicyclic) bond motifs is 1. The van der Waals surface area contributed by atoms with E-state index in [0.717, 1.165) is 37.4 Å². The first-order valence-corrected chi connectivity index (χ1v) is 8.30. The zero-order chi connectivity index (χ0) is 15.2. The van der Waals surface area contributed by atoms with Crippen molar-refractivity contribution < 1.29 is 14.6 Å². The molecule has 3 rings (SSSR count). The van der Waals surface area contributed by atoms with Crippen LogP contribution in [0.5, 0.6) is 11.5 Å². The molecular formula is C17H26N2O3. The summed E-state index contributed by atoms with van der Waals surface area (Å²) in [6, 6.07) is 6.33. The molecule has 0 radical (unpaired) electrons. The van der Waals surface area contributed by atoms with E-state index in [-0.39, 0.29) is 12.6 Å². The lowest BCUT2D eigenvalue weighted by atomic mass is 10.1. The molecule has 1 atom stereocenters. The third kappa shape index (κ3) is 4.12. The largest absolute Gasteiger partial charge is 0.454 e. The Morgan fingerprint density at radius 1 is 1.18 bits per heavy atom. The van der Waals surface area contributed by atoms with Gasteiger partial charge in [0.05, 0.1) is 6.61 Å². The van der Waals surface area contributed by atoms with Gasteiger partial charge < -0.3 is 24.8 Å². The van der Waals surface area contributed by atoms with Crippen molar-refractivity contribution in [3.8, 4) is 11.5 Å². The number of hydrogen-bond donors (Lipinski definition) is 2. The number of aliphatic hydroxyl groups excluding tert-OH is 1. The summed E-state index contributed by atoms with van der Waals surface area (Å²) >= 11 is 0. The second-order valence-corrected chi connectivity index (χ2v) is 6.13. The topological polar surface area (TPSA) is 54.0 Å². The van der Waals surface area contributed by atoms with Crippen LogP contribution in [0.2, 0.25) is 0 Å². The number of aryl methyl sites for hydroxylation is 1. The van der Waals surface area contributed by atoms with Crippen LogP contribution in [-0.4, -0.2) is 55.6 Å². The molecule has 2 aliphatic heterocycles. The number of rotatable bonds is 8. The van der Waals surface area contributed by atoms with Crippen LogP contribution >= 0.6 is 0 Å². The first kappa shape index (κ1) is 15.6. The number of nitrogens with one attached hydrogen (secondary N) is 1. The Bertz CT molecular complexity index is 475. The highest BCUT2D eigenvalue weighted by molar-refractivity contribution is 5.44. The summed E-state index contributed by atoms with van der Waals surface area (Å²) in [5.74, 6) is 1.69. The molecule has 2 heterocycles. The van der Waals surface area contributed by atoms with Crippen molar-refractivity contribution in [2.45, 2.75) is 31.7 Å². The highest BCUT2D eigenvalue weighted by atomic mass is 16.7. The lowest BCUT2D eigenvalue weighted by Crippen LogP contribution is -2.42. The van der Waals surface area contributed by atoms with Gasteiger partial charge in [-0.25, -0.2) is 0 Å². The lowest BCUT2D eigenvalue weighted by molar-refractivity contribution is 0.174. The number of nitrogens with zero attached hydrogens (tertiary/aromatic N) is 1. The number of aliphatic hydroxyl groups is 1. The van der Waals surface area contributed by atoms with Crippen molar-refractivity contribution in [3.05, 3.63) is 23.8 Å². The van der Waals surface area contributed by atoms with Crippen molar-refractivity contribution in [1.82, 2.24) is 10.2 Å². The van der Waals surface area contributed by atoms with Gasteiger partial charge in [0.2, 0.25) is 6.79 Å². The molecule has 0 spiro atoms. The fourth-order valence-corrected chi connectivity index (χ4v) is 3.16. The molecule has 0 aliphatic carbocycles. The zero-order valence-corrected chi connectivity index (χ0v) is 13.1. The van der Waals surface area contributed by atoms with Crippen LogP contribution in [0.1, 0.15) is 24.8 Å². The normalized spacial score (nSPS) is 18.8. The molecule has 1 unspecified atom stereocenters. The summed E-state index contributed by atoms with van der Waals surface area (Å²) in [5.41, 5.74) is 1.27. The third-order valence-electron chi connectivity index (χ3n) is 4.41. The molecule has 0 saturated carbocycles. The van der Waals surface area contributed by atoms with Crippen LogP contribution in [0.15, 0.2) is 18.2 Å². The summed E-state index contributed by atoms with van der Waals surface area (Å²) in [6.07, 6.45) is 4.65. The predicted molar refractivity (Wildman–Crippen MR) is 85.4 cm³/mol. The Balaban J connectivity index is 1.37. The van der Waals surface area contributed by atoms with Crippen LogP contribution in [0.3, 0.4) is 0 Å². The van der Waals surface area contributed by atoms with E-state index in [2.05, 4.69) is 22.3 Å². The molecule has 2 N–H and O–H groups in total. The second kappa shape index (κ2) is 7.81. The first-order valence-electron chi connectivity index (χ1n) is 8.30. The van der Waals surface area contributed by atoms with Crippen LogP contribution < -0.4 is 14.8 Å². The lowest BCUT2D eigenvalue weighted by Gasteiger charge is -2.22. The van der Waals surface area contributed by atoms with Gasteiger partial charge in [-0.15, -0.1) is 0 Å². The van der Waals surface area contributed by atoms with E-state index in [1.165, 1.54) is 31.5 Å². The quantitative estimate of drug-likeness (QED) is 0.711. The van der Waals surface area contributed by atoms with Crippen molar-refractivity contribution in [1.29, 1.82) is 0 Å². The molecule has 1 aromatic carbocycles. The fourth-order valence-electron chi connectivity index (χ4n) is 3.16. The average Bonchev–Trinajstić information content (AvgIpc) is 3.21. The van der Waals surface area contributed by atoms with E-state index in [0.29, 0.717) is 6.79 Å². The van der Waals surface area contributed by atoms with Crippen molar-refractivity contribution in [2.75, 3.05) is 39.6 Å². The van der Waals surface area contributed by atoms with Gasteiger partial charge in [-0.1, -0.05) is 6.07 Å². The van der Waals surface area contributed by atoms with E-state index in [4.69, 9.17) is 9.47 Å². The Morgan fingerprint density at radius 3 is 2.82 bits per heavy atom. The smallest absolute Gasteiger partial charge is 0.231 e. The maximum absolute atomic E-state index is 9.49. The second-order valence-electron chi connectivity index (χ2n) is 6.13. The van der Waals surface area contributed by atoms with E-state index < -0.39 is 0 Å². The SMILES string of the molecule is OCC(CN1CCCC1)NCCCc1ccc2c(c1)OCO2. The first-order chi connectivity index (χ1) is 10.8.